The first kappa shape index (κ1) is 6.51. The molecule has 52 valence electrons. The maximum Gasteiger partial charge on any atom is 0.288 e. The van der Waals surface area contributed by atoms with Crippen LogP contribution < -0.4 is 0 Å². The van der Waals surface area contributed by atoms with Crippen LogP contribution >= 0.6 is 0 Å². The molecule has 0 saturated carbocycles. The van der Waals surface area contributed by atoms with Crippen LogP contribution in [0, 0.1) is 0 Å². The zero-order chi connectivity index (χ0) is 6.85. The van der Waals surface area contributed by atoms with E-state index in [4.69, 9.17) is 10.2 Å². The number of carboxylic acid groups (broad SMARTS) is 1. The molecule has 1 rings (SSSR count). The summed E-state index contributed by atoms with van der Waals surface area (Å²) in [6.45, 7) is 0.470. The van der Waals surface area contributed by atoms with Crippen molar-refractivity contribution in [1.82, 2.24) is 0 Å². The fourth-order valence-electron chi connectivity index (χ4n) is 0.868. The number of nitrogens with zero attached hydrogens (tertiary/aromatic N) is 1. The molecule has 2 atom stereocenters. The Morgan fingerprint density at radius 3 is 2.56 bits per heavy atom. The Morgan fingerprint density at radius 2 is 2.33 bits per heavy atom. The second kappa shape index (κ2) is 2.33. The molecule has 0 aromatic rings. The number of aliphatic carboxylic acids is 1. The largest absolute Gasteiger partial charge is 0.648 e. The summed E-state index contributed by atoms with van der Waals surface area (Å²) in [6, 6.07) is -0.870. The lowest BCUT2D eigenvalue weighted by Gasteiger charge is -2.19. The van der Waals surface area contributed by atoms with Crippen molar-refractivity contribution in [2.75, 3.05) is 6.54 Å². The van der Waals surface area contributed by atoms with Crippen molar-refractivity contribution in [2.24, 2.45) is 0 Å². The molecule has 4 heteroatoms. The summed E-state index contributed by atoms with van der Waals surface area (Å²) in [4.78, 5) is 10.2. The van der Waals surface area contributed by atoms with E-state index >= 15 is 0 Å². The molecule has 1 aliphatic heterocycles. The molecule has 1 saturated heterocycles. The summed E-state index contributed by atoms with van der Waals surface area (Å²) in [5, 5.41) is 20.9. The molecule has 4 nitrogen and oxygen atoms in total. The molecule has 0 radical (unpaired) electrons. The fourth-order valence-corrected chi connectivity index (χ4v) is 0.868. The summed E-state index contributed by atoms with van der Waals surface area (Å²) in [5.41, 5.74) is 0. The molecule has 0 aliphatic carbocycles. The average molecular weight is 130 g/mol. The standard InChI is InChI=1S/C5H8NO3/c7-3-1-2-6-4(3)5(8)9/h3-4,7H,1-2H2,(H,8,9)/q-1/t3?,4-/m0/s1. The Kier molecular flexibility index (Phi) is 1.68. The molecule has 0 spiro atoms. The van der Waals surface area contributed by atoms with Gasteiger partial charge in [-0.05, 0) is 12.5 Å². The van der Waals surface area contributed by atoms with Crippen LogP contribution in [0.5, 0.6) is 0 Å². The summed E-state index contributed by atoms with van der Waals surface area (Å²) < 4.78 is 0. The van der Waals surface area contributed by atoms with Gasteiger partial charge in [0.2, 0.25) is 0 Å². The van der Waals surface area contributed by atoms with E-state index in [1.807, 2.05) is 0 Å². The molecule has 9 heavy (non-hydrogen) atoms. The van der Waals surface area contributed by atoms with Gasteiger partial charge in [-0.25, -0.2) is 0 Å². The van der Waals surface area contributed by atoms with Gasteiger partial charge in [0.1, 0.15) is 0 Å². The second-order valence-electron chi connectivity index (χ2n) is 2.05. The van der Waals surface area contributed by atoms with Crippen LogP contribution in [0.2, 0.25) is 0 Å². The second-order valence-corrected chi connectivity index (χ2v) is 2.05. The molecule has 1 aliphatic rings. The third kappa shape index (κ3) is 1.20. The van der Waals surface area contributed by atoms with E-state index in [0.29, 0.717) is 13.0 Å². The third-order valence-corrected chi connectivity index (χ3v) is 1.37. The number of carboxylic acids is 1. The molecule has 0 aromatic heterocycles. The van der Waals surface area contributed by atoms with Crippen LogP contribution in [-0.2, 0) is 4.79 Å². The van der Waals surface area contributed by atoms with Gasteiger partial charge in [0, 0.05) is 6.10 Å². The van der Waals surface area contributed by atoms with Crippen molar-refractivity contribution in [3.63, 3.8) is 0 Å². The number of carbonyl (C=O) groups is 1. The quantitative estimate of drug-likeness (QED) is 0.506. The van der Waals surface area contributed by atoms with Crippen molar-refractivity contribution in [1.29, 1.82) is 0 Å². The SMILES string of the molecule is O=C(O)[C@H]1[N-]CCC1O. The normalized spacial score (nSPS) is 34.8. The van der Waals surface area contributed by atoms with Gasteiger partial charge in [-0.15, -0.1) is 6.54 Å². The first-order valence-corrected chi connectivity index (χ1v) is 2.79. The van der Waals surface area contributed by atoms with Crippen molar-refractivity contribution in [2.45, 2.75) is 18.6 Å². The lowest BCUT2D eigenvalue weighted by molar-refractivity contribution is -0.139. The van der Waals surface area contributed by atoms with Crippen molar-refractivity contribution in [3.05, 3.63) is 5.32 Å². The summed E-state index contributed by atoms with van der Waals surface area (Å²) in [6.07, 6.45) is -0.278. The van der Waals surface area contributed by atoms with Gasteiger partial charge in [0.25, 0.3) is 5.97 Å². The van der Waals surface area contributed by atoms with Crippen LogP contribution in [-0.4, -0.2) is 34.9 Å². The lowest BCUT2D eigenvalue weighted by Crippen LogP contribution is -2.27. The molecular formula is C5H8NO3-. The number of aliphatic hydroxyl groups excluding tert-OH is 1. The predicted octanol–water partition coefficient (Wildman–Crippen LogP) is -0.422. The minimum Gasteiger partial charge on any atom is -0.648 e. The molecule has 0 amide bonds. The van der Waals surface area contributed by atoms with Crippen molar-refractivity contribution < 1.29 is 15.0 Å². The minimum atomic E-state index is -1.03. The number of aliphatic hydroxyl groups is 1. The van der Waals surface area contributed by atoms with E-state index in [0.717, 1.165) is 0 Å². The Bertz CT molecular complexity index is 125. The smallest absolute Gasteiger partial charge is 0.288 e. The van der Waals surface area contributed by atoms with Crippen LogP contribution in [0.1, 0.15) is 6.42 Å². The Balaban J connectivity index is 2.49. The van der Waals surface area contributed by atoms with E-state index in [2.05, 4.69) is 5.32 Å². The number of hydrogen-bond acceptors (Lipinski definition) is 2. The highest BCUT2D eigenvalue weighted by Crippen LogP contribution is 2.18. The van der Waals surface area contributed by atoms with Gasteiger partial charge in [-0.1, -0.05) is 0 Å². The third-order valence-electron chi connectivity index (χ3n) is 1.37. The minimum absolute atomic E-state index is 0.470. The highest BCUT2D eigenvalue weighted by atomic mass is 16.4. The van der Waals surface area contributed by atoms with E-state index in [1.165, 1.54) is 0 Å². The molecule has 1 heterocycles. The molecular weight excluding hydrogens is 122 g/mol. The summed E-state index contributed by atoms with van der Waals surface area (Å²) in [7, 11) is 0. The van der Waals surface area contributed by atoms with E-state index < -0.39 is 18.1 Å². The molecule has 0 bridgehead atoms. The number of hydrogen-bond donors (Lipinski definition) is 2. The Labute approximate surface area is 52.5 Å². The topological polar surface area (TPSA) is 71.6 Å². The van der Waals surface area contributed by atoms with Crippen LogP contribution in [0.3, 0.4) is 0 Å². The van der Waals surface area contributed by atoms with Gasteiger partial charge >= 0.3 is 0 Å². The van der Waals surface area contributed by atoms with Crippen molar-refractivity contribution >= 4 is 5.97 Å². The fraction of sp³-hybridized carbons (Fsp3) is 0.800. The summed E-state index contributed by atoms with van der Waals surface area (Å²) in [5.74, 6) is -1.03. The summed E-state index contributed by atoms with van der Waals surface area (Å²) >= 11 is 0. The van der Waals surface area contributed by atoms with Crippen molar-refractivity contribution in [3.8, 4) is 0 Å². The maximum atomic E-state index is 10.2. The van der Waals surface area contributed by atoms with Gasteiger partial charge in [-0.2, -0.15) is 0 Å². The first-order valence-electron chi connectivity index (χ1n) is 2.79. The molecule has 2 N–H and O–H groups in total. The van der Waals surface area contributed by atoms with Crippen LogP contribution in [0.15, 0.2) is 0 Å². The van der Waals surface area contributed by atoms with Crippen LogP contribution in [0.4, 0.5) is 0 Å². The zero-order valence-corrected chi connectivity index (χ0v) is 4.82. The van der Waals surface area contributed by atoms with Gasteiger partial charge in [-0.3, -0.25) is 4.79 Å². The highest BCUT2D eigenvalue weighted by Gasteiger charge is 2.20. The number of rotatable bonds is 1. The Hall–Kier alpha value is -0.610. The maximum absolute atomic E-state index is 10.2. The molecule has 1 fully saturated rings. The Morgan fingerprint density at radius 1 is 1.67 bits per heavy atom. The van der Waals surface area contributed by atoms with Gasteiger partial charge in [0.05, 0.1) is 0 Å². The zero-order valence-electron chi connectivity index (χ0n) is 4.82. The van der Waals surface area contributed by atoms with E-state index in [1.54, 1.807) is 0 Å². The van der Waals surface area contributed by atoms with Gasteiger partial charge in [0.15, 0.2) is 0 Å². The molecule has 1 unspecified atom stereocenters. The van der Waals surface area contributed by atoms with E-state index in [9.17, 15) is 4.79 Å². The van der Waals surface area contributed by atoms with Gasteiger partial charge < -0.3 is 15.5 Å². The van der Waals surface area contributed by atoms with Crippen LogP contribution in [0.25, 0.3) is 5.32 Å². The monoisotopic (exact) mass is 130 g/mol. The van der Waals surface area contributed by atoms with E-state index in [-0.39, 0.29) is 0 Å². The first-order chi connectivity index (χ1) is 4.22. The predicted molar refractivity (Wildman–Crippen MR) is 30.3 cm³/mol. The lowest BCUT2D eigenvalue weighted by atomic mass is 10.2. The molecule has 0 aromatic carbocycles. The average Bonchev–Trinajstić information content (AvgIpc) is 2.13. The highest BCUT2D eigenvalue weighted by molar-refractivity contribution is 5.77.